The van der Waals surface area contributed by atoms with Crippen LogP contribution in [0, 0.1) is 19.8 Å². The predicted molar refractivity (Wildman–Crippen MR) is 152 cm³/mol. The minimum atomic E-state index is -0.789. The van der Waals surface area contributed by atoms with E-state index in [4.69, 9.17) is 4.74 Å². The second-order valence-corrected chi connectivity index (χ2v) is 12.4. The third-order valence-electron chi connectivity index (χ3n) is 6.73. The second kappa shape index (κ2) is 13.5. The van der Waals surface area contributed by atoms with Gasteiger partial charge < -0.3 is 20.3 Å². The minimum absolute atomic E-state index is 0.00919. The van der Waals surface area contributed by atoms with Crippen LogP contribution in [0.5, 0.6) is 0 Å². The van der Waals surface area contributed by atoms with Crippen LogP contribution in [-0.4, -0.2) is 58.5 Å². The van der Waals surface area contributed by atoms with Crippen molar-refractivity contribution < 1.29 is 19.1 Å². The Morgan fingerprint density at radius 3 is 2.22 bits per heavy atom. The average Bonchev–Trinajstić information content (AvgIpc) is 3.49. The molecule has 0 bridgehead atoms. The highest BCUT2D eigenvalue weighted by atomic mass is 32.2. The van der Waals surface area contributed by atoms with Crippen LogP contribution in [0.15, 0.2) is 18.2 Å². The van der Waals surface area contributed by atoms with Crippen LogP contribution >= 0.6 is 11.8 Å². The molecule has 2 rings (SSSR count). The van der Waals surface area contributed by atoms with E-state index < -0.39 is 23.8 Å². The van der Waals surface area contributed by atoms with Crippen molar-refractivity contribution in [2.45, 2.75) is 111 Å². The highest BCUT2D eigenvalue weighted by Gasteiger charge is 2.48. The Morgan fingerprint density at radius 1 is 1.14 bits per heavy atom. The summed E-state index contributed by atoms with van der Waals surface area (Å²) in [5, 5.41) is 6.00. The van der Waals surface area contributed by atoms with Gasteiger partial charge in [0.15, 0.2) is 0 Å². The van der Waals surface area contributed by atoms with Crippen LogP contribution in [0.4, 0.5) is 4.79 Å². The van der Waals surface area contributed by atoms with Crippen LogP contribution in [0.2, 0.25) is 0 Å². The number of hydrogen-bond acceptors (Lipinski definition) is 5. The van der Waals surface area contributed by atoms with Crippen LogP contribution in [-0.2, 0) is 14.3 Å². The maximum atomic E-state index is 14.3. The van der Waals surface area contributed by atoms with Crippen LogP contribution in [0.3, 0.4) is 0 Å². The number of ether oxygens (including phenoxy) is 1. The molecule has 0 aromatic heterocycles. The van der Waals surface area contributed by atoms with E-state index in [-0.39, 0.29) is 29.8 Å². The van der Waals surface area contributed by atoms with E-state index in [1.54, 1.807) is 37.4 Å². The molecule has 0 saturated heterocycles. The summed E-state index contributed by atoms with van der Waals surface area (Å²) in [6.45, 7) is 15.5. The molecule has 5 atom stereocenters. The Hall–Kier alpha value is -2.22. The van der Waals surface area contributed by atoms with Crippen molar-refractivity contribution in [3.63, 3.8) is 0 Å². The number of hydrogen-bond donors (Lipinski definition) is 2. The third-order valence-corrected chi connectivity index (χ3v) is 7.37. The maximum Gasteiger partial charge on any atom is 0.408 e. The number of nitrogens with zero attached hydrogens (tertiary/aromatic N) is 1. The van der Waals surface area contributed by atoms with E-state index in [9.17, 15) is 14.4 Å². The van der Waals surface area contributed by atoms with E-state index in [1.807, 2.05) is 45.2 Å². The second-order valence-electron chi connectivity index (χ2n) is 11.4. The number of carbonyl (C=O) groups is 3. The number of aryl methyl sites for hydroxylation is 2. The summed E-state index contributed by atoms with van der Waals surface area (Å²) in [6, 6.07) is 4.30. The van der Waals surface area contributed by atoms with E-state index in [0.717, 1.165) is 36.0 Å². The molecule has 1 aromatic carbocycles. The number of benzene rings is 1. The van der Waals surface area contributed by atoms with Gasteiger partial charge in [-0.15, -0.1) is 0 Å². The summed E-state index contributed by atoms with van der Waals surface area (Å²) in [4.78, 5) is 42.7. The smallest absolute Gasteiger partial charge is 0.408 e. The van der Waals surface area contributed by atoms with Crippen LogP contribution in [0.1, 0.15) is 90.0 Å². The maximum absolute atomic E-state index is 14.3. The predicted octanol–water partition coefficient (Wildman–Crippen LogP) is 5.53. The molecule has 5 unspecified atom stereocenters. The Kier molecular flexibility index (Phi) is 11.3. The number of nitrogens with one attached hydrogen (secondary N) is 2. The highest BCUT2D eigenvalue weighted by Crippen LogP contribution is 2.42. The molecule has 37 heavy (non-hydrogen) atoms. The molecule has 1 aliphatic carbocycles. The molecule has 2 N–H and O–H groups in total. The summed E-state index contributed by atoms with van der Waals surface area (Å²) in [5.74, 6) is 0.555. The largest absolute Gasteiger partial charge is 0.444 e. The monoisotopic (exact) mass is 533 g/mol. The van der Waals surface area contributed by atoms with Gasteiger partial charge in [0.05, 0.1) is 0 Å². The number of amides is 3. The van der Waals surface area contributed by atoms with E-state index >= 15 is 0 Å². The Bertz CT molecular complexity index is 925. The molecule has 208 valence electrons. The van der Waals surface area contributed by atoms with Gasteiger partial charge >= 0.3 is 6.09 Å². The van der Waals surface area contributed by atoms with E-state index in [2.05, 4.69) is 24.5 Å². The van der Waals surface area contributed by atoms with Gasteiger partial charge in [-0.25, -0.2) is 4.79 Å². The molecular formula is C29H47N3O4S. The fraction of sp³-hybridized carbons (Fsp3) is 0.690. The highest BCUT2D eigenvalue weighted by molar-refractivity contribution is 7.98. The van der Waals surface area contributed by atoms with E-state index in [0.29, 0.717) is 12.2 Å². The van der Waals surface area contributed by atoms with Crippen molar-refractivity contribution in [2.24, 2.45) is 5.92 Å². The number of rotatable bonds is 12. The van der Waals surface area contributed by atoms with Crippen molar-refractivity contribution in [1.29, 1.82) is 0 Å². The van der Waals surface area contributed by atoms with Crippen molar-refractivity contribution in [3.05, 3.63) is 34.9 Å². The lowest BCUT2D eigenvalue weighted by Crippen LogP contribution is -2.55. The molecule has 0 radical (unpaired) electrons. The SMILES string of the molecule is CCCC(C)NC(=O)C(c1c(C)cccc1C)N(C(=O)C(CCSC)NC(=O)OC(C)(C)C)C1CC1C. The fourth-order valence-electron chi connectivity index (χ4n) is 4.78. The number of carbonyl (C=O) groups excluding carboxylic acids is 3. The molecule has 1 aliphatic rings. The molecule has 1 aromatic rings. The first kappa shape index (κ1) is 31.0. The number of thioether (sulfide) groups is 1. The van der Waals surface area contributed by atoms with Gasteiger partial charge in [0.2, 0.25) is 11.8 Å². The van der Waals surface area contributed by atoms with Crippen LogP contribution in [0.25, 0.3) is 0 Å². The summed E-state index contributed by atoms with van der Waals surface area (Å²) >= 11 is 1.61. The molecule has 7 nitrogen and oxygen atoms in total. The first-order valence-corrected chi connectivity index (χ1v) is 14.9. The van der Waals surface area contributed by atoms with E-state index in [1.165, 1.54) is 0 Å². The number of alkyl carbamates (subject to hydrolysis) is 1. The lowest BCUT2D eigenvalue weighted by atomic mass is 9.93. The fourth-order valence-corrected chi connectivity index (χ4v) is 5.25. The zero-order chi connectivity index (χ0) is 27.9. The average molecular weight is 534 g/mol. The molecule has 0 spiro atoms. The quantitative estimate of drug-likeness (QED) is 0.369. The molecular weight excluding hydrogens is 486 g/mol. The lowest BCUT2D eigenvalue weighted by Gasteiger charge is -2.36. The first-order valence-electron chi connectivity index (χ1n) is 13.5. The molecule has 0 aliphatic heterocycles. The van der Waals surface area contributed by atoms with Crippen LogP contribution < -0.4 is 10.6 Å². The molecule has 1 fully saturated rings. The molecule has 1 saturated carbocycles. The van der Waals surface area contributed by atoms with Gasteiger partial charge in [0.1, 0.15) is 17.7 Å². The third kappa shape index (κ3) is 8.94. The summed E-state index contributed by atoms with van der Waals surface area (Å²) in [7, 11) is 0. The van der Waals surface area contributed by atoms with Crippen molar-refractivity contribution in [1.82, 2.24) is 15.5 Å². The Labute approximate surface area is 227 Å². The standard InChI is InChI=1S/C29H47N3O4S/c1-10-12-21(5)30-26(33)25(24-18(2)13-11-14-19(24)3)32(23-17-20(23)4)27(34)22(15-16-37-9)31-28(35)36-29(6,7)8/h11,13-14,20-23,25H,10,12,15-17H2,1-9H3,(H,30,33)(H,31,35). The molecule has 8 heteroatoms. The summed E-state index contributed by atoms with van der Waals surface area (Å²) in [6.07, 6.45) is 4.43. The normalized spacial score (nSPS) is 19.4. The van der Waals surface area contributed by atoms with Crippen molar-refractivity contribution in [2.75, 3.05) is 12.0 Å². The van der Waals surface area contributed by atoms with Gasteiger partial charge in [-0.3, -0.25) is 9.59 Å². The topological polar surface area (TPSA) is 87.7 Å². The molecule has 0 heterocycles. The first-order chi connectivity index (χ1) is 17.3. The lowest BCUT2D eigenvalue weighted by molar-refractivity contribution is -0.143. The summed E-state index contributed by atoms with van der Waals surface area (Å²) < 4.78 is 5.48. The summed E-state index contributed by atoms with van der Waals surface area (Å²) in [5.41, 5.74) is 2.11. The Balaban J connectivity index is 2.54. The van der Waals surface area contributed by atoms with Crippen molar-refractivity contribution >= 4 is 29.7 Å². The Morgan fingerprint density at radius 2 is 1.73 bits per heavy atom. The molecule has 3 amide bonds. The van der Waals surface area contributed by atoms with Crippen molar-refractivity contribution in [3.8, 4) is 0 Å². The van der Waals surface area contributed by atoms with Gasteiger partial charge in [0, 0.05) is 12.1 Å². The zero-order valence-corrected chi connectivity index (χ0v) is 25.0. The van der Waals surface area contributed by atoms with Gasteiger partial charge in [-0.05, 0) is 95.4 Å². The van der Waals surface area contributed by atoms with Gasteiger partial charge in [-0.2, -0.15) is 11.8 Å². The van der Waals surface area contributed by atoms with Gasteiger partial charge in [0.25, 0.3) is 0 Å². The van der Waals surface area contributed by atoms with Gasteiger partial charge in [-0.1, -0.05) is 38.5 Å². The zero-order valence-electron chi connectivity index (χ0n) is 24.1. The minimum Gasteiger partial charge on any atom is -0.444 e.